The van der Waals surface area contributed by atoms with Crippen LogP contribution < -0.4 is 10.2 Å². The van der Waals surface area contributed by atoms with Crippen LogP contribution >= 0.6 is 11.3 Å². The SMILES string of the molecule is CC(C)CNc1csc(N(C)C(=O)c2ccc(F)cc2)n1. The van der Waals surface area contributed by atoms with Gasteiger partial charge >= 0.3 is 0 Å². The summed E-state index contributed by atoms with van der Waals surface area (Å²) >= 11 is 1.39. The minimum absolute atomic E-state index is 0.209. The number of anilines is 2. The van der Waals surface area contributed by atoms with Gasteiger partial charge in [-0.15, -0.1) is 11.3 Å². The second-order valence-electron chi connectivity index (χ2n) is 5.16. The van der Waals surface area contributed by atoms with Gasteiger partial charge < -0.3 is 5.32 Å². The van der Waals surface area contributed by atoms with Gasteiger partial charge in [0.2, 0.25) is 0 Å². The molecule has 1 aromatic heterocycles. The number of nitrogens with one attached hydrogen (secondary N) is 1. The van der Waals surface area contributed by atoms with Crippen molar-refractivity contribution in [2.24, 2.45) is 5.92 Å². The molecule has 0 atom stereocenters. The fourth-order valence-corrected chi connectivity index (χ4v) is 2.43. The van der Waals surface area contributed by atoms with Gasteiger partial charge in [-0.1, -0.05) is 13.8 Å². The minimum Gasteiger partial charge on any atom is -0.369 e. The van der Waals surface area contributed by atoms with Crippen molar-refractivity contribution in [1.29, 1.82) is 0 Å². The van der Waals surface area contributed by atoms with Gasteiger partial charge in [0.1, 0.15) is 11.6 Å². The van der Waals surface area contributed by atoms with Crippen LogP contribution in [-0.4, -0.2) is 24.5 Å². The summed E-state index contributed by atoms with van der Waals surface area (Å²) < 4.78 is 12.9. The largest absolute Gasteiger partial charge is 0.369 e. The van der Waals surface area contributed by atoms with Crippen molar-refractivity contribution >= 4 is 28.2 Å². The third-order valence-corrected chi connectivity index (χ3v) is 3.78. The molecule has 112 valence electrons. The van der Waals surface area contributed by atoms with E-state index >= 15 is 0 Å². The van der Waals surface area contributed by atoms with Crippen molar-refractivity contribution in [3.8, 4) is 0 Å². The number of hydrogen-bond donors (Lipinski definition) is 1. The zero-order valence-electron chi connectivity index (χ0n) is 12.3. The molecule has 0 fully saturated rings. The maximum absolute atomic E-state index is 12.9. The molecular formula is C15H18FN3OS. The van der Waals surface area contributed by atoms with E-state index in [2.05, 4.69) is 24.1 Å². The first-order valence-electron chi connectivity index (χ1n) is 6.70. The summed E-state index contributed by atoms with van der Waals surface area (Å²) in [6, 6.07) is 5.50. The maximum atomic E-state index is 12.9. The highest BCUT2D eigenvalue weighted by Gasteiger charge is 2.16. The lowest BCUT2D eigenvalue weighted by molar-refractivity contribution is 0.0993. The molecular weight excluding hydrogens is 289 g/mol. The Balaban J connectivity index is 2.07. The molecule has 4 nitrogen and oxygen atoms in total. The average molecular weight is 307 g/mol. The van der Waals surface area contributed by atoms with Gasteiger partial charge in [-0.3, -0.25) is 9.69 Å². The van der Waals surface area contributed by atoms with Gasteiger partial charge in [0.15, 0.2) is 5.13 Å². The van der Waals surface area contributed by atoms with Crippen molar-refractivity contribution in [3.05, 3.63) is 41.0 Å². The maximum Gasteiger partial charge on any atom is 0.259 e. The average Bonchev–Trinajstić information content (AvgIpc) is 2.93. The number of amides is 1. The van der Waals surface area contributed by atoms with Crippen molar-refractivity contribution in [2.45, 2.75) is 13.8 Å². The molecule has 0 aliphatic heterocycles. The summed E-state index contributed by atoms with van der Waals surface area (Å²) in [6.07, 6.45) is 0. The molecule has 1 heterocycles. The minimum atomic E-state index is -0.358. The van der Waals surface area contributed by atoms with E-state index in [1.807, 2.05) is 5.38 Å². The second kappa shape index (κ2) is 6.67. The highest BCUT2D eigenvalue weighted by Crippen LogP contribution is 2.24. The lowest BCUT2D eigenvalue weighted by Gasteiger charge is -2.13. The predicted octanol–water partition coefficient (Wildman–Crippen LogP) is 3.63. The zero-order chi connectivity index (χ0) is 15.4. The number of nitrogens with zero attached hydrogens (tertiary/aromatic N) is 2. The molecule has 2 rings (SSSR count). The summed E-state index contributed by atoms with van der Waals surface area (Å²) in [5.74, 6) is 0.722. The highest BCUT2D eigenvalue weighted by atomic mass is 32.1. The Morgan fingerprint density at radius 3 is 2.67 bits per heavy atom. The summed E-state index contributed by atoms with van der Waals surface area (Å²) in [5.41, 5.74) is 0.436. The van der Waals surface area contributed by atoms with E-state index in [1.165, 1.54) is 40.5 Å². The Labute approximate surface area is 127 Å². The summed E-state index contributed by atoms with van der Waals surface area (Å²) in [5, 5.41) is 5.71. The lowest BCUT2D eigenvalue weighted by Crippen LogP contribution is -2.26. The van der Waals surface area contributed by atoms with Crippen LogP contribution in [0.4, 0.5) is 15.3 Å². The number of benzene rings is 1. The van der Waals surface area contributed by atoms with Crippen LogP contribution in [0.15, 0.2) is 29.6 Å². The van der Waals surface area contributed by atoms with E-state index in [-0.39, 0.29) is 11.7 Å². The lowest BCUT2D eigenvalue weighted by atomic mass is 10.2. The predicted molar refractivity (Wildman–Crippen MR) is 84.6 cm³/mol. The van der Waals surface area contributed by atoms with Gasteiger partial charge in [0, 0.05) is 24.5 Å². The van der Waals surface area contributed by atoms with Crippen molar-refractivity contribution in [2.75, 3.05) is 23.8 Å². The number of carbonyl (C=O) groups excluding carboxylic acids is 1. The second-order valence-corrected chi connectivity index (χ2v) is 6.00. The molecule has 21 heavy (non-hydrogen) atoms. The van der Waals surface area contributed by atoms with Gasteiger partial charge in [-0.05, 0) is 30.2 Å². The molecule has 2 aromatic rings. The molecule has 1 N–H and O–H groups in total. The first-order chi connectivity index (χ1) is 9.97. The Kier molecular flexibility index (Phi) is 4.90. The molecule has 0 bridgehead atoms. The number of rotatable bonds is 5. The van der Waals surface area contributed by atoms with E-state index in [1.54, 1.807) is 7.05 Å². The summed E-state index contributed by atoms with van der Waals surface area (Å²) in [6.45, 7) is 5.06. The molecule has 0 spiro atoms. The van der Waals surface area contributed by atoms with Crippen molar-refractivity contribution in [1.82, 2.24) is 4.98 Å². The fraction of sp³-hybridized carbons (Fsp3) is 0.333. The Morgan fingerprint density at radius 2 is 2.05 bits per heavy atom. The fourth-order valence-electron chi connectivity index (χ4n) is 1.68. The van der Waals surface area contributed by atoms with Crippen LogP contribution in [0.25, 0.3) is 0 Å². The summed E-state index contributed by atoms with van der Waals surface area (Å²) in [4.78, 5) is 18.1. The highest BCUT2D eigenvalue weighted by molar-refractivity contribution is 7.14. The van der Waals surface area contributed by atoms with E-state index < -0.39 is 0 Å². The van der Waals surface area contributed by atoms with Crippen molar-refractivity contribution in [3.63, 3.8) is 0 Å². The first-order valence-corrected chi connectivity index (χ1v) is 7.58. The number of hydrogen-bond acceptors (Lipinski definition) is 4. The molecule has 0 aliphatic carbocycles. The molecule has 1 aromatic carbocycles. The standard InChI is InChI=1S/C15H18FN3OS/c1-10(2)8-17-13-9-21-15(18-13)19(3)14(20)11-4-6-12(16)7-5-11/h4-7,9-10,17H,8H2,1-3H3. The van der Waals surface area contributed by atoms with Crippen LogP contribution in [0.2, 0.25) is 0 Å². The van der Waals surface area contributed by atoms with E-state index in [0.717, 1.165) is 12.4 Å². The van der Waals surface area contributed by atoms with Gasteiger partial charge in [-0.25, -0.2) is 9.37 Å². The molecule has 0 saturated heterocycles. The molecule has 0 unspecified atom stereocenters. The Morgan fingerprint density at radius 1 is 1.38 bits per heavy atom. The smallest absolute Gasteiger partial charge is 0.259 e. The molecule has 1 amide bonds. The van der Waals surface area contributed by atoms with Crippen molar-refractivity contribution < 1.29 is 9.18 Å². The number of thiazole rings is 1. The third-order valence-electron chi connectivity index (χ3n) is 2.87. The molecule has 0 saturated carbocycles. The van der Waals surface area contributed by atoms with Gasteiger partial charge in [0.25, 0.3) is 5.91 Å². The topological polar surface area (TPSA) is 45.2 Å². The van der Waals surface area contributed by atoms with Crippen LogP contribution in [-0.2, 0) is 0 Å². The monoisotopic (exact) mass is 307 g/mol. The van der Waals surface area contributed by atoms with Crippen LogP contribution in [0, 0.1) is 11.7 Å². The van der Waals surface area contributed by atoms with Crippen LogP contribution in [0.3, 0.4) is 0 Å². The van der Waals surface area contributed by atoms with Gasteiger partial charge in [0.05, 0.1) is 0 Å². The number of aromatic nitrogens is 1. The van der Waals surface area contributed by atoms with Crippen LogP contribution in [0.5, 0.6) is 0 Å². The molecule has 6 heteroatoms. The first kappa shape index (κ1) is 15.4. The number of halogens is 1. The Bertz CT molecular complexity index is 610. The van der Waals surface area contributed by atoms with Crippen LogP contribution in [0.1, 0.15) is 24.2 Å². The third kappa shape index (κ3) is 4.01. The van der Waals surface area contributed by atoms with E-state index in [9.17, 15) is 9.18 Å². The Hall–Kier alpha value is -1.95. The van der Waals surface area contributed by atoms with E-state index in [4.69, 9.17) is 0 Å². The quantitative estimate of drug-likeness (QED) is 0.917. The summed E-state index contributed by atoms with van der Waals surface area (Å²) in [7, 11) is 1.66. The zero-order valence-corrected chi connectivity index (χ0v) is 13.1. The van der Waals surface area contributed by atoms with E-state index in [0.29, 0.717) is 16.6 Å². The number of carbonyl (C=O) groups is 1. The molecule has 0 aliphatic rings. The van der Waals surface area contributed by atoms with Gasteiger partial charge in [-0.2, -0.15) is 0 Å². The molecule has 0 radical (unpaired) electrons. The normalized spacial score (nSPS) is 10.7.